The summed E-state index contributed by atoms with van der Waals surface area (Å²) < 4.78 is 0. The zero-order valence-corrected chi connectivity index (χ0v) is 7.26. The number of likely N-dealkylation sites (N-methyl/N-ethyl adjacent to an activating group) is 1. The molecule has 0 aliphatic heterocycles. The molecule has 0 saturated carbocycles. The number of amides is 1. The maximum atomic E-state index is 11.1. The van der Waals surface area contributed by atoms with Gasteiger partial charge in [0.05, 0.1) is 6.54 Å². The first-order chi connectivity index (χ1) is 5.22. The van der Waals surface area contributed by atoms with Gasteiger partial charge in [0.2, 0.25) is 5.91 Å². The van der Waals surface area contributed by atoms with E-state index in [0.717, 1.165) is 6.54 Å². The van der Waals surface area contributed by atoms with E-state index in [0.29, 0.717) is 13.1 Å². The Labute approximate surface area is 68.1 Å². The highest BCUT2D eigenvalue weighted by atomic mass is 16.2. The fourth-order valence-corrected chi connectivity index (χ4v) is 0.592. The molecule has 0 bridgehead atoms. The van der Waals surface area contributed by atoms with Crippen LogP contribution in [0.1, 0.15) is 6.92 Å². The molecule has 3 nitrogen and oxygen atoms in total. The molecule has 3 heteroatoms. The van der Waals surface area contributed by atoms with Gasteiger partial charge < -0.3 is 10.2 Å². The van der Waals surface area contributed by atoms with Crippen LogP contribution in [0, 0.1) is 0 Å². The third kappa shape index (κ3) is 4.56. The van der Waals surface area contributed by atoms with Gasteiger partial charge in [0.1, 0.15) is 0 Å². The van der Waals surface area contributed by atoms with Crippen LogP contribution in [-0.2, 0) is 4.79 Å². The molecule has 0 unspecified atom stereocenters. The molecular formula is C8H16N2O. The van der Waals surface area contributed by atoms with Gasteiger partial charge in [0, 0.05) is 20.1 Å². The fraction of sp³-hybridized carbons (Fsp3) is 0.625. The summed E-state index contributed by atoms with van der Waals surface area (Å²) >= 11 is 0. The normalized spacial score (nSPS) is 9.27. The van der Waals surface area contributed by atoms with E-state index in [1.807, 2.05) is 6.92 Å². The summed E-state index contributed by atoms with van der Waals surface area (Å²) in [5, 5.41) is 2.94. The van der Waals surface area contributed by atoms with Gasteiger partial charge in [-0.15, -0.1) is 6.58 Å². The first-order valence-electron chi connectivity index (χ1n) is 3.78. The number of carbonyl (C=O) groups excluding carboxylic acids is 1. The predicted molar refractivity (Wildman–Crippen MR) is 46.4 cm³/mol. The van der Waals surface area contributed by atoms with Crippen LogP contribution in [0.5, 0.6) is 0 Å². The summed E-state index contributed by atoms with van der Waals surface area (Å²) in [6.07, 6.45) is 1.74. The summed E-state index contributed by atoms with van der Waals surface area (Å²) in [5.74, 6) is 0.120. The monoisotopic (exact) mass is 156 g/mol. The quantitative estimate of drug-likeness (QED) is 0.457. The van der Waals surface area contributed by atoms with Gasteiger partial charge in [0.25, 0.3) is 0 Å². The Hall–Kier alpha value is -0.830. The lowest BCUT2D eigenvalue weighted by molar-refractivity contribution is -0.128. The van der Waals surface area contributed by atoms with Gasteiger partial charge in [-0.25, -0.2) is 0 Å². The summed E-state index contributed by atoms with van der Waals surface area (Å²) in [5.41, 5.74) is 0. The van der Waals surface area contributed by atoms with Crippen molar-refractivity contribution in [2.24, 2.45) is 0 Å². The summed E-state index contributed by atoms with van der Waals surface area (Å²) in [6, 6.07) is 0. The second kappa shape index (κ2) is 5.92. The molecule has 1 N–H and O–H groups in total. The molecule has 0 aliphatic rings. The minimum absolute atomic E-state index is 0.120. The third-order valence-corrected chi connectivity index (χ3v) is 1.46. The minimum Gasteiger partial charge on any atom is -0.345 e. The maximum absolute atomic E-state index is 11.1. The van der Waals surface area contributed by atoms with Crippen molar-refractivity contribution in [3.8, 4) is 0 Å². The Morgan fingerprint density at radius 2 is 2.36 bits per heavy atom. The Balaban J connectivity index is 3.43. The van der Waals surface area contributed by atoms with Crippen molar-refractivity contribution in [3.05, 3.63) is 12.7 Å². The molecule has 64 valence electrons. The lowest BCUT2D eigenvalue weighted by Crippen LogP contribution is -2.35. The van der Waals surface area contributed by atoms with Crippen LogP contribution in [-0.4, -0.2) is 37.5 Å². The highest BCUT2D eigenvalue weighted by Crippen LogP contribution is 1.80. The fourth-order valence-electron chi connectivity index (χ4n) is 0.592. The van der Waals surface area contributed by atoms with Gasteiger partial charge in [-0.2, -0.15) is 0 Å². The highest BCUT2D eigenvalue weighted by molar-refractivity contribution is 5.77. The maximum Gasteiger partial charge on any atom is 0.236 e. The van der Waals surface area contributed by atoms with Gasteiger partial charge in [0.15, 0.2) is 0 Å². The molecule has 0 spiro atoms. The van der Waals surface area contributed by atoms with Crippen molar-refractivity contribution in [2.45, 2.75) is 6.92 Å². The number of rotatable bonds is 5. The van der Waals surface area contributed by atoms with Crippen molar-refractivity contribution in [1.29, 1.82) is 0 Å². The molecule has 0 aliphatic carbocycles. The molecule has 0 aromatic carbocycles. The number of nitrogens with one attached hydrogen (secondary N) is 1. The molecule has 0 aromatic rings. The highest BCUT2D eigenvalue weighted by Gasteiger charge is 2.03. The molecule has 0 heterocycles. The Morgan fingerprint density at radius 1 is 1.73 bits per heavy atom. The van der Waals surface area contributed by atoms with E-state index in [4.69, 9.17) is 0 Å². The van der Waals surface area contributed by atoms with E-state index < -0.39 is 0 Å². The molecule has 0 saturated heterocycles. The first kappa shape index (κ1) is 10.2. The van der Waals surface area contributed by atoms with E-state index in [-0.39, 0.29) is 5.91 Å². The SMILES string of the molecule is C=CCNCC(=O)N(C)CC. The molecule has 1 amide bonds. The number of hydrogen-bond donors (Lipinski definition) is 1. The predicted octanol–water partition coefficient (Wildman–Crippen LogP) is 0.240. The van der Waals surface area contributed by atoms with E-state index in [2.05, 4.69) is 11.9 Å². The van der Waals surface area contributed by atoms with E-state index in [9.17, 15) is 4.79 Å². The van der Waals surface area contributed by atoms with Crippen LogP contribution >= 0.6 is 0 Å². The first-order valence-corrected chi connectivity index (χ1v) is 3.78. The zero-order chi connectivity index (χ0) is 8.69. The summed E-state index contributed by atoms with van der Waals surface area (Å²) in [7, 11) is 1.79. The zero-order valence-electron chi connectivity index (χ0n) is 7.26. The molecule has 0 radical (unpaired) electrons. The van der Waals surface area contributed by atoms with E-state index in [1.165, 1.54) is 0 Å². The molecular weight excluding hydrogens is 140 g/mol. The largest absolute Gasteiger partial charge is 0.345 e. The van der Waals surface area contributed by atoms with Gasteiger partial charge in [-0.1, -0.05) is 6.08 Å². The van der Waals surface area contributed by atoms with Crippen LogP contribution in [0.2, 0.25) is 0 Å². The van der Waals surface area contributed by atoms with Gasteiger partial charge in [-0.3, -0.25) is 4.79 Å². The van der Waals surface area contributed by atoms with Crippen LogP contribution in [0.25, 0.3) is 0 Å². The second-order valence-electron chi connectivity index (χ2n) is 2.33. The topological polar surface area (TPSA) is 32.3 Å². The average Bonchev–Trinajstić information content (AvgIpc) is 2.03. The van der Waals surface area contributed by atoms with Gasteiger partial charge >= 0.3 is 0 Å². The van der Waals surface area contributed by atoms with Crippen molar-refractivity contribution in [1.82, 2.24) is 10.2 Å². The smallest absolute Gasteiger partial charge is 0.236 e. The van der Waals surface area contributed by atoms with Crippen molar-refractivity contribution < 1.29 is 4.79 Å². The molecule has 0 aromatic heterocycles. The Kier molecular flexibility index (Phi) is 5.47. The standard InChI is InChI=1S/C8H16N2O/c1-4-6-9-7-8(11)10(3)5-2/h4,9H,1,5-7H2,2-3H3. The Morgan fingerprint density at radius 3 is 2.82 bits per heavy atom. The lowest BCUT2D eigenvalue weighted by Gasteiger charge is -2.13. The van der Waals surface area contributed by atoms with Crippen LogP contribution < -0.4 is 5.32 Å². The van der Waals surface area contributed by atoms with Crippen molar-refractivity contribution in [2.75, 3.05) is 26.7 Å². The van der Waals surface area contributed by atoms with Crippen molar-refractivity contribution >= 4 is 5.91 Å². The van der Waals surface area contributed by atoms with Gasteiger partial charge in [-0.05, 0) is 6.92 Å². The molecule has 11 heavy (non-hydrogen) atoms. The lowest BCUT2D eigenvalue weighted by atomic mass is 10.5. The third-order valence-electron chi connectivity index (χ3n) is 1.46. The Bertz CT molecular complexity index is 134. The van der Waals surface area contributed by atoms with Crippen LogP contribution in [0.15, 0.2) is 12.7 Å². The van der Waals surface area contributed by atoms with Crippen LogP contribution in [0.4, 0.5) is 0 Å². The number of nitrogens with zero attached hydrogens (tertiary/aromatic N) is 1. The number of carbonyl (C=O) groups is 1. The average molecular weight is 156 g/mol. The number of hydrogen-bond acceptors (Lipinski definition) is 2. The summed E-state index contributed by atoms with van der Waals surface area (Å²) in [6.45, 7) is 7.33. The van der Waals surface area contributed by atoms with Crippen LogP contribution in [0.3, 0.4) is 0 Å². The van der Waals surface area contributed by atoms with Crippen molar-refractivity contribution in [3.63, 3.8) is 0 Å². The molecule has 0 atom stereocenters. The van der Waals surface area contributed by atoms with E-state index in [1.54, 1.807) is 18.0 Å². The van der Waals surface area contributed by atoms with E-state index >= 15 is 0 Å². The molecule has 0 fully saturated rings. The summed E-state index contributed by atoms with van der Waals surface area (Å²) in [4.78, 5) is 12.8. The second-order valence-corrected chi connectivity index (χ2v) is 2.33. The minimum atomic E-state index is 0.120. The molecule has 0 rings (SSSR count).